The highest BCUT2D eigenvalue weighted by molar-refractivity contribution is 7.89. The number of fused-ring (bicyclic) bond motifs is 5. The third-order valence-electron chi connectivity index (χ3n) is 6.86. The van der Waals surface area contributed by atoms with Crippen LogP contribution in [0.2, 0.25) is 0 Å². The van der Waals surface area contributed by atoms with Crippen LogP contribution in [0.15, 0.2) is 42.5 Å². The summed E-state index contributed by atoms with van der Waals surface area (Å²) in [5.74, 6) is -0.132. The van der Waals surface area contributed by atoms with Gasteiger partial charge in [0.05, 0.1) is 18.1 Å². The van der Waals surface area contributed by atoms with Crippen molar-refractivity contribution in [2.45, 2.75) is 63.3 Å². The second-order valence-electron chi connectivity index (χ2n) is 9.19. The number of hydrogen-bond acceptors (Lipinski definition) is 5. The molecule has 10 heteroatoms. The number of hydrogen-bond donors (Lipinski definition) is 1. The van der Waals surface area contributed by atoms with Crippen LogP contribution in [0, 0.1) is 0 Å². The predicted molar refractivity (Wildman–Crippen MR) is 128 cm³/mol. The summed E-state index contributed by atoms with van der Waals surface area (Å²) in [6.07, 6.45) is -1.80. The van der Waals surface area contributed by atoms with Gasteiger partial charge in [0.15, 0.2) is 0 Å². The topological polar surface area (TPSA) is 71.5 Å². The summed E-state index contributed by atoms with van der Waals surface area (Å²) in [6.45, 7) is 1.40. The lowest BCUT2D eigenvalue weighted by Gasteiger charge is -2.35. The summed E-state index contributed by atoms with van der Waals surface area (Å²) >= 11 is 0. The summed E-state index contributed by atoms with van der Waals surface area (Å²) in [6, 6.07) is 10.4. The Hall–Kier alpha value is -2.01. The van der Waals surface area contributed by atoms with E-state index in [0.717, 1.165) is 29.7 Å². The molecule has 192 valence electrons. The molecule has 35 heavy (non-hydrogen) atoms. The second-order valence-corrected chi connectivity index (χ2v) is 11.2. The SMILES string of the molecule is CCS(=O)(=O)NC1CCN2C1Cc1cccc(n1)-c1ccccc1CCCCOCC2C(F)(F)F. The quantitative estimate of drug-likeness (QED) is 0.676. The molecule has 3 heterocycles. The maximum atomic E-state index is 14.2. The number of nitrogens with zero attached hydrogens (tertiary/aromatic N) is 2. The van der Waals surface area contributed by atoms with Crippen LogP contribution in [0.5, 0.6) is 0 Å². The van der Waals surface area contributed by atoms with Gasteiger partial charge in [0.2, 0.25) is 10.0 Å². The largest absolute Gasteiger partial charge is 0.406 e. The molecular formula is C25H32F3N3O3S. The molecule has 1 fully saturated rings. The van der Waals surface area contributed by atoms with Gasteiger partial charge in [-0.2, -0.15) is 13.2 Å². The second kappa shape index (κ2) is 10.9. The van der Waals surface area contributed by atoms with E-state index < -0.39 is 40.9 Å². The van der Waals surface area contributed by atoms with E-state index in [2.05, 4.69) is 10.8 Å². The lowest BCUT2D eigenvalue weighted by molar-refractivity contribution is -0.199. The average molecular weight is 512 g/mol. The van der Waals surface area contributed by atoms with Gasteiger partial charge >= 0.3 is 6.18 Å². The molecule has 1 saturated heterocycles. The van der Waals surface area contributed by atoms with Crippen LogP contribution in [0.25, 0.3) is 11.3 Å². The molecule has 4 rings (SSSR count). The molecule has 1 aromatic carbocycles. The van der Waals surface area contributed by atoms with Gasteiger partial charge in [-0.1, -0.05) is 30.3 Å². The minimum atomic E-state index is -4.50. The summed E-state index contributed by atoms with van der Waals surface area (Å²) in [5, 5.41) is 0. The highest BCUT2D eigenvalue weighted by Crippen LogP contribution is 2.33. The Balaban J connectivity index is 1.73. The van der Waals surface area contributed by atoms with Crippen LogP contribution in [0.4, 0.5) is 13.2 Å². The molecule has 0 spiro atoms. The van der Waals surface area contributed by atoms with Gasteiger partial charge in [-0.25, -0.2) is 13.1 Å². The lowest BCUT2D eigenvalue weighted by atomic mass is 9.98. The zero-order valence-corrected chi connectivity index (χ0v) is 20.6. The Morgan fingerprint density at radius 1 is 1.14 bits per heavy atom. The molecular weight excluding hydrogens is 479 g/mol. The van der Waals surface area contributed by atoms with Gasteiger partial charge in [-0.3, -0.25) is 9.88 Å². The zero-order chi connectivity index (χ0) is 25.1. The first-order chi connectivity index (χ1) is 16.7. The van der Waals surface area contributed by atoms with E-state index in [1.165, 1.54) is 11.8 Å². The third kappa shape index (κ3) is 6.41. The molecule has 1 aromatic heterocycles. The first-order valence-corrected chi connectivity index (χ1v) is 13.8. The van der Waals surface area contributed by atoms with Gasteiger partial charge in [0.1, 0.15) is 6.04 Å². The smallest absolute Gasteiger partial charge is 0.379 e. The van der Waals surface area contributed by atoms with Crippen molar-refractivity contribution < 1.29 is 26.3 Å². The van der Waals surface area contributed by atoms with Gasteiger partial charge in [0.25, 0.3) is 0 Å². The van der Waals surface area contributed by atoms with Crippen molar-refractivity contribution in [3.05, 3.63) is 53.7 Å². The summed E-state index contributed by atoms with van der Waals surface area (Å²) < 4.78 is 75.3. The fraction of sp³-hybridized carbons (Fsp3) is 0.560. The molecule has 2 aliphatic heterocycles. The third-order valence-corrected chi connectivity index (χ3v) is 8.28. The molecule has 2 aromatic rings. The summed E-state index contributed by atoms with van der Waals surface area (Å²) in [4.78, 5) is 6.17. The molecule has 6 nitrogen and oxygen atoms in total. The van der Waals surface area contributed by atoms with E-state index in [4.69, 9.17) is 9.72 Å². The molecule has 3 unspecified atom stereocenters. The Bertz CT molecular complexity index is 1110. The highest BCUT2D eigenvalue weighted by atomic mass is 32.2. The van der Waals surface area contributed by atoms with E-state index >= 15 is 0 Å². The molecule has 0 amide bonds. The van der Waals surface area contributed by atoms with Crippen LogP contribution in [-0.4, -0.2) is 68.1 Å². The maximum Gasteiger partial charge on any atom is 0.406 e. The average Bonchev–Trinajstić information content (AvgIpc) is 3.18. The van der Waals surface area contributed by atoms with Crippen LogP contribution < -0.4 is 4.72 Å². The van der Waals surface area contributed by atoms with E-state index in [1.807, 2.05) is 30.3 Å². The van der Waals surface area contributed by atoms with E-state index in [-0.39, 0.29) is 25.3 Å². The number of rotatable bonds is 3. The first-order valence-electron chi connectivity index (χ1n) is 12.1. The molecule has 0 radical (unpaired) electrons. The molecule has 1 N–H and O–H groups in total. The van der Waals surface area contributed by atoms with Crippen molar-refractivity contribution in [3.8, 4) is 11.3 Å². The van der Waals surface area contributed by atoms with Crippen molar-refractivity contribution in [2.75, 3.05) is 25.5 Å². The Morgan fingerprint density at radius 2 is 1.94 bits per heavy atom. The number of sulfonamides is 1. The number of halogens is 3. The van der Waals surface area contributed by atoms with Crippen LogP contribution in [0.3, 0.4) is 0 Å². The van der Waals surface area contributed by atoms with Crippen molar-refractivity contribution in [2.24, 2.45) is 0 Å². The summed E-state index contributed by atoms with van der Waals surface area (Å²) in [5.41, 5.74) is 3.54. The van der Waals surface area contributed by atoms with Crippen LogP contribution in [-0.2, 0) is 27.6 Å². The van der Waals surface area contributed by atoms with Crippen molar-refractivity contribution in [3.63, 3.8) is 0 Å². The Kier molecular flexibility index (Phi) is 8.15. The van der Waals surface area contributed by atoms with E-state index in [9.17, 15) is 21.6 Å². The monoisotopic (exact) mass is 511 g/mol. The van der Waals surface area contributed by atoms with Crippen molar-refractivity contribution >= 4 is 10.0 Å². The number of aromatic nitrogens is 1. The maximum absolute atomic E-state index is 14.2. The number of alkyl halides is 3. The molecule has 2 aliphatic rings. The number of benzene rings is 1. The van der Waals surface area contributed by atoms with Crippen LogP contribution in [0.1, 0.15) is 37.4 Å². The lowest BCUT2D eigenvalue weighted by Crippen LogP contribution is -2.55. The van der Waals surface area contributed by atoms with E-state index in [1.54, 1.807) is 6.07 Å². The Labute approximate surface area is 204 Å². The van der Waals surface area contributed by atoms with Crippen LogP contribution >= 0.6 is 0 Å². The molecule has 3 atom stereocenters. The Morgan fingerprint density at radius 3 is 2.71 bits per heavy atom. The zero-order valence-electron chi connectivity index (χ0n) is 19.8. The summed E-state index contributed by atoms with van der Waals surface area (Å²) in [7, 11) is -3.59. The van der Waals surface area contributed by atoms with Crippen molar-refractivity contribution in [1.29, 1.82) is 0 Å². The fourth-order valence-electron chi connectivity index (χ4n) is 5.01. The van der Waals surface area contributed by atoms with E-state index in [0.29, 0.717) is 18.5 Å². The molecule has 0 aliphatic carbocycles. The first kappa shape index (κ1) is 26.1. The number of ether oxygens (including phenoxy) is 1. The van der Waals surface area contributed by atoms with Gasteiger partial charge in [-0.15, -0.1) is 0 Å². The minimum Gasteiger partial charge on any atom is -0.379 e. The minimum absolute atomic E-state index is 0.123. The number of nitrogens with one attached hydrogen (secondary N) is 1. The fourth-order valence-corrected chi connectivity index (χ4v) is 5.92. The standard InChI is InChI=1S/C25H32F3N3O3S/c1-2-35(32,33)30-22-13-14-31-23(22)16-19-10-7-12-21(29-19)20-11-4-3-8-18(20)9-5-6-15-34-17-24(31)25(26,27)28/h3-4,7-8,10-12,22-24,30H,2,5-6,9,13-17H2,1H3. The van der Waals surface area contributed by atoms with Crippen molar-refractivity contribution in [1.82, 2.24) is 14.6 Å². The number of aryl methyl sites for hydroxylation is 1. The number of pyridine rings is 1. The molecule has 0 saturated carbocycles. The van der Waals surface area contributed by atoms with Gasteiger partial charge in [-0.05, 0) is 50.3 Å². The normalized spacial score (nSPS) is 24.7. The highest BCUT2D eigenvalue weighted by Gasteiger charge is 2.50. The molecule has 2 bridgehead atoms. The van der Waals surface area contributed by atoms with Gasteiger partial charge in [0, 0.05) is 42.9 Å². The van der Waals surface area contributed by atoms with Gasteiger partial charge < -0.3 is 4.74 Å². The predicted octanol–water partition coefficient (Wildman–Crippen LogP) is 3.96.